The number of ether oxygens (including phenoxy) is 1. The number of esters is 1. The van der Waals surface area contributed by atoms with Gasteiger partial charge < -0.3 is 15.4 Å². The maximum absolute atomic E-state index is 12.3. The number of carbonyl (C=O) groups excluding carboxylic acids is 2. The zero-order valence-corrected chi connectivity index (χ0v) is 17.3. The molecule has 0 fully saturated rings. The second kappa shape index (κ2) is 9.07. The minimum absolute atomic E-state index is 0.0324. The molecule has 0 saturated carbocycles. The van der Waals surface area contributed by atoms with Gasteiger partial charge in [0.05, 0.1) is 34.3 Å². The highest BCUT2D eigenvalue weighted by Crippen LogP contribution is 2.30. The van der Waals surface area contributed by atoms with Crippen LogP contribution in [-0.2, 0) is 19.4 Å². The molecule has 1 amide bonds. The Hall–Kier alpha value is -2.58. The Morgan fingerprint density at radius 1 is 1.11 bits per heavy atom. The zero-order chi connectivity index (χ0) is 20.9. The van der Waals surface area contributed by atoms with Crippen molar-refractivity contribution in [3.63, 3.8) is 0 Å². The molecule has 0 aliphatic carbocycles. The van der Waals surface area contributed by atoms with Gasteiger partial charge in [-0.3, -0.25) is 4.79 Å². The van der Waals surface area contributed by atoms with Crippen LogP contribution in [0.1, 0.15) is 22.8 Å². The van der Waals surface area contributed by atoms with Crippen LogP contribution in [-0.4, -0.2) is 39.7 Å². The van der Waals surface area contributed by atoms with Gasteiger partial charge in [-0.15, -0.1) is 0 Å². The molecule has 0 unspecified atom stereocenters. The van der Waals surface area contributed by atoms with Gasteiger partial charge in [-0.25, -0.2) is 13.2 Å². The summed E-state index contributed by atoms with van der Waals surface area (Å²) in [4.78, 5) is 24.3. The average molecular weight is 425 g/mol. The Morgan fingerprint density at radius 2 is 1.79 bits per heavy atom. The predicted molar refractivity (Wildman–Crippen MR) is 109 cm³/mol. The van der Waals surface area contributed by atoms with E-state index in [1.807, 2.05) is 0 Å². The van der Waals surface area contributed by atoms with Crippen molar-refractivity contribution in [2.24, 2.45) is 0 Å². The molecule has 150 valence electrons. The fraction of sp³-hybridized carbons (Fsp3) is 0.263. The van der Waals surface area contributed by atoms with Gasteiger partial charge in [0, 0.05) is 11.9 Å². The lowest BCUT2D eigenvalue weighted by Crippen LogP contribution is -2.23. The maximum Gasteiger partial charge on any atom is 0.340 e. The second-order valence-electron chi connectivity index (χ2n) is 5.99. The summed E-state index contributed by atoms with van der Waals surface area (Å²) in [6.45, 7) is 3.48. The SMILES string of the molecule is CCOC(=O)c1ccccc1NC(=O)CNc1ccc(S(C)(=O)=O)c(Cl)c1C. The lowest BCUT2D eigenvalue weighted by molar-refractivity contribution is -0.114. The van der Waals surface area contributed by atoms with Crippen LogP contribution >= 0.6 is 11.6 Å². The largest absolute Gasteiger partial charge is 0.462 e. The number of sulfone groups is 1. The minimum atomic E-state index is -3.45. The average Bonchev–Trinajstić information content (AvgIpc) is 2.62. The van der Waals surface area contributed by atoms with E-state index in [0.717, 1.165) is 6.26 Å². The number of amides is 1. The molecule has 0 atom stereocenters. The third-order valence-electron chi connectivity index (χ3n) is 3.89. The fourth-order valence-electron chi connectivity index (χ4n) is 2.49. The van der Waals surface area contributed by atoms with Crippen LogP contribution in [0.5, 0.6) is 0 Å². The number of para-hydroxylation sites is 1. The summed E-state index contributed by atoms with van der Waals surface area (Å²) in [6.07, 6.45) is 1.08. The van der Waals surface area contributed by atoms with Gasteiger partial charge >= 0.3 is 5.97 Å². The fourth-order valence-corrected chi connectivity index (χ4v) is 3.87. The monoisotopic (exact) mass is 424 g/mol. The Balaban J connectivity index is 2.10. The first kappa shape index (κ1) is 21.7. The smallest absolute Gasteiger partial charge is 0.340 e. The quantitative estimate of drug-likeness (QED) is 0.661. The number of rotatable bonds is 7. The van der Waals surface area contributed by atoms with E-state index in [1.165, 1.54) is 6.07 Å². The van der Waals surface area contributed by atoms with Crippen molar-refractivity contribution < 1.29 is 22.7 Å². The van der Waals surface area contributed by atoms with Crippen molar-refractivity contribution >= 4 is 44.7 Å². The van der Waals surface area contributed by atoms with E-state index in [0.29, 0.717) is 16.9 Å². The van der Waals surface area contributed by atoms with Crippen LogP contribution in [0.4, 0.5) is 11.4 Å². The molecule has 0 saturated heterocycles. The Bertz CT molecular complexity index is 1010. The van der Waals surface area contributed by atoms with Crippen LogP contribution < -0.4 is 10.6 Å². The van der Waals surface area contributed by atoms with Crippen molar-refractivity contribution in [2.45, 2.75) is 18.7 Å². The first-order valence-electron chi connectivity index (χ1n) is 8.44. The molecule has 9 heteroatoms. The molecular formula is C19H21ClN2O5S. The molecule has 0 bridgehead atoms. The van der Waals surface area contributed by atoms with E-state index < -0.39 is 15.8 Å². The van der Waals surface area contributed by atoms with E-state index in [4.69, 9.17) is 16.3 Å². The lowest BCUT2D eigenvalue weighted by Gasteiger charge is -2.14. The van der Waals surface area contributed by atoms with Gasteiger partial charge in [-0.2, -0.15) is 0 Å². The van der Waals surface area contributed by atoms with Crippen LogP contribution in [0, 0.1) is 6.92 Å². The van der Waals surface area contributed by atoms with Gasteiger partial charge in [-0.1, -0.05) is 23.7 Å². The van der Waals surface area contributed by atoms with Crippen molar-refractivity contribution in [1.29, 1.82) is 0 Å². The normalized spacial score (nSPS) is 11.0. The van der Waals surface area contributed by atoms with Crippen molar-refractivity contribution in [1.82, 2.24) is 0 Å². The molecule has 28 heavy (non-hydrogen) atoms. The van der Waals surface area contributed by atoms with Crippen molar-refractivity contribution in [2.75, 3.05) is 30.0 Å². The summed E-state index contributed by atoms with van der Waals surface area (Å²) in [5.74, 6) is -0.912. The van der Waals surface area contributed by atoms with Gasteiger partial charge in [0.1, 0.15) is 0 Å². The number of hydrogen-bond acceptors (Lipinski definition) is 6. The predicted octanol–water partition coefficient (Wildman–Crippen LogP) is 3.28. The third-order valence-corrected chi connectivity index (χ3v) is 5.62. The highest BCUT2D eigenvalue weighted by atomic mass is 35.5. The first-order valence-corrected chi connectivity index (χ1v) is 10.7. The topological polar surface area (TPSA) is 102 Å². The molecule has 0 radical (unpaired) electrons. The van der Waals surface area contributed by atoms with Gasteiger partial charge in [0.15, 0.2) is 9.84 Å². The van der Waals surface area contributed by atoms with E-state index in [1.54, 1.807) is 44.2 Å². The third kappa shape index (κ3) is 5.24. The Morgan fingerprint density at radius 3 is 2.43 bits per heavy atom. The van der Waals surface area contributed by atoms with Crippen LogP contribution in [0.2, 0.25) is 5.02 Å². The number of anilines is 2. The highest BCUT2D eigenvalue weighted by molar-refractivity contribution is 7.90. The zero-order valence-electron chi connectivity index (χ0n) is 15.7. The molecule has 0 spiro atoms. The van der Waals surface area contributed by atoms with Crippen LogP contribution in [0.15, 0.2) is 41.3 Å². The van der Waals surface area contributed by atoms with E-state index in [2.05, 4.69) is 10.6 Å². The van der Waals surface area contributed by atoms with E-state index in [-0.39, 0.29) is 34.5 Å². The summed E-state index contributed by atoms with van der Waals surface area (Å²) in [6, 6.07) is 9.48. The molecule has 2 rings (SSSR count). The molecule has 7 nitrogen and oxygen atoms in total. The van der Waals surface area contributed by atoms with Gasteiger partial charge in [-0.05, 0) is 43.7 Å². The number of halogens is 1. The summed E-state index contributed by atoms with van der Waals surface area (Å²) < 4.78 is 28.4. The number of benzene rings is 2. The summed E-state index contributed by atoms with van der Waals surface area (Å²) in [7, 11) is -3.45. The number of nitrogens with one attached hydrogen (secondary N) is 2. The van der Waals surface area contributed by atoms with Crippen LogP contribution in [0.25, 0.3) is 0 Å². The summed E-state index contributed by atoms with van der Waals surface area (Å²) in [5.41, 5.74) is 1.65. The maximum atomic E-state index is 12.3. The lowest BCUT2D eigenvalue weighted by atomic mass is 10.1. The van der Waals surface area contributed by atoms with Crippen molar-refractivity contribution in [3.8, 4) is 0 Å². The van der Waals surface area contributed by atoms with Gasteiger partial charge in [0.25, 0.3) is 0 Å². The first-order chi connectivity index (χ1) is 13.1. The molecule has 2 aromatic rings. The molecule has 0 aliphatic heterocycles. The number of hydrogen-bond donors (Lipinski definition) is 2. The van der Waals surface area contributed by atoms with Crippen LogP contribution in [0.3, 0.4) is 0 Å². The molecule has 0 aliphatic rings. The second-order valence-corrected chi connectivity index (χ2v) is 8.35. The molecule has 2 aromatic carbocycles. The molecule has 0 heterocycles. The molecule has 0 aromatic heterocycles. The summed E-state index contributed by atoms with van der Waals surface area (Å²) >= 11 is 6.14. The Kier molecular flexibility index (Phi) is 7.04. The van der Waals surface area contributed by atoms with E-state index >= 15 is 0 Å². The minimum Gasteiger partial charge on any atom is -0.462 e. The Labute approximate surface area is 169 Å². The number of carbonyl (C=O) groups is 2. The molecular weight excluding hydrogens is 404 g/mol. The van der Waals surface area contributed by atoms with Crippen molar-refractivity contribution in [3.05, 3.63) is 52.5 Å². The summed E-state index contributed by atoms with van der Waals surface area (Å²) in [5, 5.41) is 5.69. The standard InChI is InChI=1S/C19H21ClN2O5S/c1-4-27-19(24)13-7-5-6-8-15(13)22-17(23)11-21-14-9-10-16(28(3,25)26)18(20)12(14)2/h5-10,21H,4,11H2,1-3H3,(H,22,23). The highest BCUT2D eigenvalue weighted by Gasteiger charge is 2.17. The molecule has 2 N–H and O–H groups in total. The van der Waals surface area contributed by atoms with Gasteiger partial charge in [0.2, 0.25) is 5.91 Å². The van der Waals surface area contributed by atoms with E-state index in [9.17, 15) is 18.0 Å².